The van der Waals surface area contributed by atoms with Crippen LogP contribution in [0.25, 0.3) is 0 Å². The molecule has 0 radical (unpaired) electrons. The molecule has 1 saturated heterocycles. The van der Waals surface area contributed by atoms with Gasteiger partial charge in [-0.3, -0.25) is 0 Å². The number of benzene rings is 1. The Morgan fingerprint density at radius 2 is 2.38 bits per heavy atom. The van der Waals surface area contributed by atoms with Gasteiger partial charge in [0.05, 0.1) is 4.90 Å². The Labute approximate surface area is 99.2 Å². The van der Waals surface area contributed by atoms with Gasteiger partial charge in [0.25, 0.3) is 0 Å². The van der Waals surface area contributed by atoms with E-state index in [2.05, 4.69) is 5.32 Å². The summed E-state index contributed by atoms with van der Waals surface area (Å²) in [5, 5.41) is 12.8. The van der Waals surface area contributed by atoms with Crippen LogP contribution in [0.5, 0.6) is 5.75 Å². The molecule has 1 fully saturated rings. The molecule has 1 aliphatic rings. The fourth-order valence-electron chi connectivity index (χ4n) is 2.13. The van der Waals surface area contributed by atoms with E-state index in [1.165, 1.54) is 18.2 Å². The number of hydrogen-bond acceptors (Lipinski definition) is 3. The standard InChI is InChI=1S/C12H16FNOS/c1-16-12-10(15)5-4-8(11(12)13)7-9-3-2-6-14-9/h4-5,9,14-15H,2-3,6-7H2,1H3. The van der Waals surface area contributed by atoms with Gasteiger partial charge in [-0.05, 0) is 43.7 Å². The van der Waals surface area contributed by atoms with E-state index in [0.29, 0.717) is 22.9 Å². The lowest BCUT2D eigenvalue weighted by molar-refractivity contribution is 0.446. The number of thioether (sulfide) groups is 1. The summed E-state index contributed by atoms with van der Waals surface area (Å²) in [6.07, 6.45) is 4.75. The van der Waals surface area contributed by atoms with Gasteiger partial charge < -0.3 is 10.4 Å². The minimum absolute atomic E-state index is 0.0353. The van der Waals surface area contributed by atoms with E-state index in [9.17, 15) is 9.50 Å². The Hall–Kier alpha value is -0.740. The molecule has 1 heterocycles. The van der Waals surface area contributed by atoms with Crippen LogP contribution in [0.1, 0.15) is 18.4 Å². The quantitative estimate of drug-likeness (QED) is 0.798. The summed E-state index contributed by atoms with van der Waals surface area (Å²) in [6, 6.07) is 3.65. The van der Waals surface area contributed by atoms with Gasteiger partial charge in [0.15, 0.2) is 0 Å². The van der Waals surface area contributed by atoms with Crippen molar-refractivity contribution in [3.05, 3.63) is 23.5 Å². The largest absolute Gasteiger partial charge is 0.507 e. The molecule has 2 nitrogen and oxygen atoms in total. The normalized spacial score (nSPS) is 20.2. The van der Waals surface area contributed by atoms with Gasteiger partial charge in [0, 0.05) is 6.04 Å². The SMILES string of the molecule is CSc1c(O)ccc(CC2CCCN2)c1F. The van der Waals surface area contributed by atoms with Crippen molar-refractivity contribution in [3.63, 3.8) is 0 Å². The summed E-state index contributed by atoms with van der Waals surface area (Å²) in [5.41, 5.74) is 0.696. The summed E-state index contributed by atoms with van der Waals surface area (Å²) in [7, 11) is 0. The number of phenols is 1. The Balaban J connectivity index is 2.20. The van der Waals surface area contributed by atoms with Crippen molar-refractivity contribution in [1.29, 1.82) is 0 Å². The third-order valence-corrected chi connectivity index (χ3v) is 3.79. The lowest BCUT2D eigenvalue weighted by atomic mass is 10.0. The van der Waals surface area contributed by atoms with Gasteiger partial charge in [-0.25, -0.2) is 4.39 Å². The molecule has 0 aliphatic carbocycles. The Kier molecular flexibility index (Phi) is 3.71. The predicted octanol–water partition coefficient (Wildman–Crippen LogP) is 2.55. The summed E-state index contributed by atoms with van der Waals surface area (Å²) in [5.74, 6) is -0.227. The molecule has 0 aromatic heterocycles. The molecule has 2 rings (SSSR count). The molecule has 1 aromatic carbocycles. The molecule has 0 amide bonds. The maximum absolute atomic E-state index is 14.0. The lowest BCUT2D eigenvalue weighted by Crippen LogP contribution is -2.24. The lowest BCUT2D eigenvalue weighted by Gasteiger charge is -2.13. The number of hydrogen-bond donors (Lipinski definition) is 2. The minimum atomic E-state index is -0.263. The maximum atomic E-state index is 14.0. The third kappa shape index (κ3) is 2.33. The molecule has 0 bridgehead atoms. The molecule has 88 valence electrons. The fourth-order valence-corrected chi connectivity index (χ4v) is 2.72. The van der Waals surface area contributed by atoms with Crippen LogP contribution < -0.4 is 5.32 Å². The van der Waals surface area contributed by atoms with Crippen molar-refractivity contribution < 1.29 is 9.50 Å². The van der Waals surface area contributed by atoms with Crippen LogP contribution in [0.3, 0.4) is 0 Å². The highest BCUT2D eigenvalue weighted by Crippen LogP contribution is 2.32. The van der Waals surface area contributed by atoms with E-state index in [1.807, 2.05) is 0 Å². The molecular formula is C12H16FNOS. The average molecular weight is 241 g/mol. The van der Waals surface area contributed by atoms with E-state index in [0.717, 1.165) is 13.0 Å². The molecule has 16 heavy (non-hydrogen) atoms. The van der Waals surface area contributed by atoms with Crippen LogP contribution in [-0.2, 0) is 6.42 Å². The highest BCUT2D eigenvalue weighted by molar-refractivity contribution is 7.98. The fraction of sp³-hybridized carbons (Fsp3) is 0.500. The van der Waals surface area contributed by atoms with E-state index in [4.69, 9.17) is 0 Å². The van der Waals surface area contributed by atoms with Gasteiger partial charge in [-0.15, -0.1) is 11.8 Å². The molecule has 1 aliphatic heterocycles. The van der Waals surface area contributed by atoms with E-state index in [-0.39, 0.29) is 11.6 Å². The van der Waals surface area contributed by atoms with Crippen LogP contribution in [0.4, 0.5) is 4.39 Å². The van der Waals surface area contributed by atoms with E-state index in [1.54, 1.807) is 18.4 Å². The van der Waals surface area contributed by atoms with Gasteiger partial charge >= 0.3 is 0 Å². The van der Waals surface area contributed by atoms with Gasteiger partial charge in [0.1, 0.15) is 11.6 Å². The first-order valence-electron chi connectivity index (χ1n) is 5.50. The molecule has 0 saturated carbocycles. The minimum Gasteiger partial charge on any atom is -0.507 e. The van der Waals surface area contributed by atoms with Crippen molar-refractivity contribution in [3.8, 4) is 5.75 Å². The average Bonchev–Trinajstić information content (AvgIpc) is 2.76. The topological polar surface area (TPSA) is 32.3 Å². The molecule has 1 aromatic rings. The monoisotopic (exact) mass is 241 g/mol. The number of phenolic OH excluding ortho intramolecular Hbond substituents is 1. The number of aromatic hydroxyl groups is 1. The van der Waals surface area contributed by atoms with Crippen molar-refractivity contribution in [2.45, 2.75) is 30.2 Å². The van der Waals surface area contributed by atoms with Crippen molar-refractivity contribution >= 4 is 11.8 Å². The first-order valence-corrected chi connectivity index (χ1v) is 6.72. The van der Waals surface area contributed by atoms with Gasteiger partial charge in [0.2, 0.25) is 0 Å². The van der Waals surface area contributed by atoms with Crippen molar-refractivity contribution in [2.24, 2.45) is 0 Å². The predicted molar refractivity (Wildman–Crippen MR) is 64.6 cm³/mol. The van der Waals surface area contributed by atoms with Crippen LogP contribution in [0.2, 0.25) is 0 Å². The Bertz CT molecular complexity index is 378. The molecule has 4 heteroatoms. The maximum Gasteiger partial charge on any atom is 0.143 e. The Morgan fingerprint density at radius 1 is 1.56 bits per heavy atom. The van der Waals surface area contributed by atoms with E-state index >= 15 is 0 Å². The Morgan fingerprint density at radius 3 is 3.00 bits per heavy atom. The molecule has 1 unspecified atom stereocenters. The third-order valence-electron chi connectivity index (χ3n) is 2.99. The molecule has 1 atom stereocenters. The van der Waals surface area contributed by atoms with Crippen LogP contribution in [0.15, 0.2) is 17.0 Å². The highest BCUT2D eigenvalue weighted by atomic mass is 32.2. The van der Waals surface area contributed by atoms with Crippen LogP contribution in [0, 0.1) is 5.82 Å². The smallest absolute Gasteiger partial charge is 0.143 e. The zero-order valence-corrected chi connectivity index (χ0v) is 10.1. The van der Waals surface area contributed by atoms with Crippen LogP contribution >= 0.6 is 11.8 Å². The summed E-state index contributed by atoms with van der Waals surface area (Å²) in [4.78, 5) is 0.357. The second-order valence-corrected chi connectivity index (χ2v) is 4.90. The highest BCUT2D eigenvalue weighted by Gasteiger charge is 2.18. The molecule has 2 N–H and O–H groups in total. The number of halogens is 1. The summed E-state index contributed by atoms with van der Waals surface area (Å²) in [6.45, 7) is 1.03. The van der Waals surface area contributed by atoms with Gasteiger partial charge in [-0.2, -0.15) is 0 Å². The summed E-state index contributed by atoms with van der Waals surface area (Å²) < 4.78 is 14.0. The second kappa shape index (κ2) is 5.06. The number of rotatable bonds is 3. The van der Waals surface area contributed by atoms with Crippen LogP contribution in [-0.4, -0.2) is 23.9 Å². The molecular weight excluding hydrogens is 225 g/mol. The first-order chi connectivity index (χ1) is 7.72. The molecule has 0 spiro atoms. The van der Waals surface area contributed by atoms with Gasteiger partial charge in [-0.1, -0.05) is 6.07 Å². The van der Waals surface area contributed by atoms with Crippen molar-refractivity contribution in [2.75, 3.05) is 12.8 Å². The summed E-state index contributed by atoms with van der Waals surface area (Å²) >= 11 is 1.25. The zero-order valence-electron chi connectivity index (χ0n) is 9.29. The van der Waals surface area contributed by atoms with E-state index < -0.39 is 0 Å². The first kappa shape index (κ1) is 11.7. The second-order valence-electron chi connectivity index (χ2n) is 4.09. The number of nitrogens with one attached hydrogen (secondary N) is 1. The van der Waals surface area contributed by atoms with Crippen molar-refractivity contribution in [1.82, 2.24) is 5.32 Å². The zero-order chi connectivity index (χ0) is 11.5.